The molecule has 0 spiro atoms. The number of nitrogen functional groups attached to an aromatic ring is 1. The maximum atomic E-state index is 7.27. The maximum Gasteiger partial charge on any atom is 0.146 e. The molecule has 0 aromatic carbocycles. The van der Waals surface area contributed by atoms with E-state index >= 15 is 0 Å². The summed E-state index contributed by atoms with van der Waals surface area (Å²) in [5.41, 5.74) is 5.76. The second-order valence-electron chi connectivity index (χ2n) is 4.61. The Balaban J connectivity index is 1.95. The van der Waals surface area contributed by atoms with Gasteiger partial charge in [0.05, 0.1) is 12.4 Å². The molecule has 2 rings (SSSR count). The fourth-order valence-corrected chi connectivity index (χ4v) is 2.07. The number of aromatic nitrogens is 2. The smallest absolute Gasteiger partial charge is 0.146 e. The highest BCUT2D eigenvalue weighted by molar-refractivity contribution is 5.92. The van der Waals surface area contributed by atoms with Crippen LogP contribution in [-0.2, 0) is 4.74 Å². The van der Waals surface area contributed by atoms with Crippen molar-refractivity contribution in [1.29, 1.82) is 5.41 Å². The molecule has 1 fully saturated rings. The van der Waals surface area contributed by atoms with Gasteiger partial charge in [-0.25, -0.2) is 9.97 Å². The lowest BCUT2D eigenvalue weighted by molar-refractivity contribution is 0.0685. The number of ether oxygens (including phenoxy) is 1. The molecule has 0 amide bonds. The Bertz CT molecular complexity index is 399. The van der Waals surface area contributed by atoms with Crippen molar-refractivity contribution < 1.29 is 4.74 Å². The van der Waals surface area contributed by atoms with E-state index in [4.69, 9.17) is 15.9 Å². The summed E-state index contributed by atoms with van der Waals surface area (Å²) in [4.78, 5) is 10.5. The van der Waals surface area contributed by atoms with Gasteiger partial charge < -0.3 is 15.4 Å². The predicted molar refractivity (Wildman–Crippen MR) is 69.9 cm³/mol. The molecule has 6 nitrogen and oxygen atoms in total. The molecule has 98 valence electrons. The Labute approximate surface area is 107 Å². The van der Waals surface area contributed by atoms with Crippen LogP contribution < -0.4 is 10.6 Å². The largest absolute Gasteiger partial charge is 0.382 e. The highest BCUT2D eigenvalue weighted by Gasteiger charge is 2.16. The van der Waals surface area contributed by atoms with Gasteiger partial charge in [0.1, 0.15) is 17.3 Å². The number of nitrogens with zero attached hydrogens (tertiary/aromatic N) is 3. The molecule has 0 saturated carbocycles. The fraction of sp³-hybridized carbons (Fsp3) is 0.583. The first-order chi connectivity index (χ1) is 8.66. The summed E-state index contributed by atoms with van der Waals surface area (Å²) in [6.45, 7) is 2.67. The quantitative estimate of drug-likeness (QED) is 0.603. The van der Waals surface area contributed by atoms with Crippen LogP contribution in [0, 0.1) is 11.3 Å². The zero-order valence-corrected chi connectivity index (χ0v) is 10.6. The van der Waals surface area contributed by atoms with Gasteiger partial charge in [0.25, 0.3) is 0 Å². The second kappa shape index (κ2) is 5.77. The van der Waals surface area contributed by atoms with Crippen molar-refractivity contribution in [3.05, 3.63) is 18.1 Å². The molecule has 0 unspecified atom stereocenters. The molecule has 0 radical (unpaired) electrons. The van der Waals surface area contributed by atoms with Crippen molar-refractivity contribution in [3.8, 4) is 0 Å². The number of hydrogen-bond donors (Lipinski definition) is 2. The van der Waals surface area contributed by atoms with E-state index < -0.39 is 0 Å². The zero-order chi connectivity index (χ0) is 13.0. The van der Waals surface area contributed by atoms with E-state index in [9.17, 15) is 0 Å². The highest BCUT2D eigenvalue weighted by Crippen LogP contribution is 2.18. The van der Waals surface area contributed by atoms with Crippen LogP contribution in [0.1, 0.15) is 18.5 Å². The first-order valence-corrected chi connectivity index (χ1v) is 6.12. The van der Waals surface area contributed by atoms with Gasteiger partial charge in [0.2, 0.25) is 0 Å². The first kappa shape index (κ1) is 12.8. The van der Waals surface area contributed by atoms with E-state index in [1.54, 1.807) is 6.20 Å². The minimum Gasteiger partial charge on any atom is -0.382 e. The Morgan fingerprint density at radius 1 is 1.44 bits per heavy atom. The topological polar surface area (TPSA) is 88.1 Å². The first-order valence-electron chi connectivity index (χ1n) is 6.12. The number of anilines is 1. The Morgan fingerprint density at radius 3 is 2.72 bits per heavy atom. The van der Waals surface area contributed by atoms with Crippen LogP contribution in [0.3, 0.4) is 0 Å². The van der Waals surface area contributed by atoms with Gasteiger partial charge in [-0.3, -0.25) is 5.41 Å². The molecule has 1 aliphatic rings. The second-order valence-corrected chi connectivity index (χ2v) is 4.61. The summed E-state index contributed by atoms with van der Waals surface area (Å²) >= 11 is 0. The minimum absolute atomic E-state index is 0.0545. The lowest BCUT2D eigenvalue weighted by atomic mass is 10.00. The van der Waals surface area contributed by atoms with E-state index in [1.807, 2.05) is 7.05 Å². The van der Waals surface area contributed by atoms with Crippen molar-refractivity contribution in [3.63, 3.8) is 0 Å². The third kappa shape index (κ3) is 3.16. The van der Waals surface area contributed by atoms with Crippen molar-refractivity contribution >= 4 is 11.7 Å². The molecule has 2 heterocycles. The monoisotopic (exact) mass is 249 g/mol. The van der Waals surface area contributed by atoms with Crippen LogP contribution in [0.2, 0.25) is 0 Å². The van der Waals surface area contributed by atoms with E-state index in [2.05, 4.69) is 14.9 Å². The van der Waals surface area contributed by atoms with E-state index in [0.29, 0.717) is 11.6 Å². The third-order valence-electron chi connectivity index (χ3n) is 3.18. The Kier molecular flexibility index (Phi) is 4.09. The Hall–Kier alpha value is -1.69. The minimum atomic E-state index is -0.0545. The summed E-state index contributed by atoms with van der Waals surface area (Å²) in [6.07, 6.45) is 5.40. The van der Waals surface area contributed by atoms with Gasteiger partial charge >= 0.3 is 0 Å². The van der Waals surface area contributed by atoms with Crippen LogP contribution in [0.4, 0.5) is 5.82 Å². The van der Waals surface area contributed by atoms with Gasteiger partial charge in [-0.15, -0.1) is 0 Å². The molecule has 1 aliphatic heterocycles. The van der Waals surface area contributed by atoms with Crippen molar-refractivity contribution in [2.24, 2.45) is 11.7 Å². The van der Waals surface area contributed by atoms with E-state index in [1.165, 1.54) is 6.20 Å². The molecule has 1 saturated heterocycles. The lowest BCUT2D eigenvalue weighted by Crippen LogP contribution is -2.30. The number of nitrogens with two attached hydrogens (primary N) is 1. The van der Waals surface area contributed by atoms with E-state index in [0.717, 1.165) is 38.4 Å². The molecule has 6 heteroatoms. The van der Waals surface area contributed by atoms with Gasteiger partial charge in [0, 0.05) is 26.8 Å². The summed E-state index contributed by atoms with van der Waals surface area (Å²) in [7, 11) is 2.01. The van der Waals surface area contributed by atoms with Crippen LogP contribution >= 0.6 is 0 Å². The van der Waals surface area contributed by atoms with Crippen LogP contribution in [0.25, 0.3) is 0 Å². The Morgan fingerprint density at radius 2 is 2.17 bits per heavy atom. The van der Waals surface area contributed by atoms with Gasteiger partial charge in [0.15, 0.2) is 0 Å². The average molecular weight is 249 g/mol. The molecule has 1 aromatic rings. The lowest BCUT2D eigenvalue weighted by Gasteiger charge is -2.27. The standard InChI is InChI=1S/C12H19N5O/c1-17(8-9-2-4-18-5-3-9)11-7-15-10(6-16-11)12(13)14/h6-7,9H,2-5,8H2,1H3,(H3,13,14). The summed E-state index contributed by atoms with van der Waals surface area (Å²) in [5.74, 6) is 1.41. The molecule has 1 aromatic heterocycles. The SMILES string of the molecule is CN(CC1CCOCC1)c1cnc(C(=N)N)cn1. The zero-order valence-electron chi connectivity index (χ0n) is 10.6. The molecular weight excluding hydrogens is 230 g/mol. The molecule has 18 heavy (non-hydrogen) atoms. The van der Waals surface area contributed by atoms with Crippen LogP contribution in [0.15, 0.2) is 12.4 Å². The third-order valence-corrected chi connectivity index (χ3v) is 3.18. The van der Waals surface area contributed by atoms with Crippen molar-refractivity contribution in [2.75, 3.05) is 31.7 Å². The molecule has 3 N–H and O–H groups in total. The highest BCUT2D eigenvalue weighted by atomic mass is 16.5. The van der Waals surface area contributed by atoms with Gasteiger partial charge in [-0.05, 0) is 18.8 Å². The summed E-state index contributed by atoms with van der Waals surface area (Å²) < 4.78 is 5.35. The van der Waals surface area contributed by atoms with Crippen LogP contribution in [0.5, 0.6) is 0 Å². The van der Waals surface area contributed by atoms with Crippen molar-refractivity contribution in [1.82, 2.24) is 9.97 Å². The fourth-order valence-electron chi connectivity index (χ4n) is 2.07. The number of amidine groups is 1. The normalized spacial score (nSPS) is 16.5. The van der Waals surface area contributed by atoms with Gasteiger partial charge in [-0.1, -0.05) is 0 Å². The summed E-state index contributed by atoms with van der Waals surface area (Å²) in [5, 5.41) is 7.27. The number of rotatable bonds is 4. The average Bonchev–Trinajstić information content (AvgIpc) is 2.40. The predicted octanol–water partition coefficient (Wildman–Crippen LogP) is 0.623. The number of hydrogen-bond acceptors (Lipinski definition) is 5. The van der Waals surface area contributed by atoms with Crippen LogP contribution in [-0.4, -0.2) is 42.6 Å². The molecule has 0 aliphatic carbocycles. The number of nitrogens with one attached hydrogen (secondary N) is 1. The molecule has 0 atom stereocenters. The van der Waals surface area contributed by atoms with Crippen molar-refractivity contribution in [2.45, 2.75) is 12.8 Å². The summed E-state index contributed by atoms with van der Waals surface area (Å²) in [6, 6.07) is 0. The molecular formula is C12H19N5O. The van der Waals surface area contributed by atoms with E-state index in [-0.39, 0.29) is 5.84 Å². The van der Waals surface area contributed by atoms with Gasteiger partial charge in [-0.2, -0.15) is 0 Å². The molecule has 0 bridgehead atoms. The maximum absolute atomic E-state index is 7.27.